The standard InChI is InChI=1S/C24H29ClF3N9OS/c25-19-12-17(24(26,27)28)4-3-16(19)13-35-8-10-36(11-9-35)15-21(38)31-23-34-33-22(39-23)30-18-5-7-37(14-18)20-2-1-6-29-32-20/h1-4,12,18,29H,5-11,13-15H2,(H,30,33)(H,31,34,38). The molecule has 10 nitrogen and oxygen atoms in total. The first-order chi connectivity index (χ1) is 18.7. The van der Waals surface area contributed by atoms with Gasteiger partial charge in [0.05, 0.1) is 18.7 Å². The number of hydrogen-bond acceptors (Lipinski definition) is 10. The van der Waals surface area contributed by atoms with Crippen LogP contribution in [0.4, 0.5) is 23.4 Å². The van der Waals surface area contributed by atoms with Crippen molar-refractivity contribution in [2.75, 3.05) is 63.0 Å². The van der Waals surface area contributed by atoms with E-state index in [1.165, 1.54) is 17.4 Å². The minimum Gasteiger partial charge on any atom is -0.355 e. The van der Waals surface area contributed by atoms with Crippen LogP contribution in [0.2, 0.25) is 5.02 Å². The molecule has 0 bridgehead atoms. The maximum Gasteiger partial charge on any atom is 0.416 e. The highest BCUT2D eigenvalue weighted by Crippen LogP contribution is 2.32. The van der Waals surface area contributed by atoms with Crippen LogP contribution in [0.15, 0.2) is 35.5 Å². The average Bonchev–Trinajstić information content (AvgIpc) is 3.56. The highest BCUT2D eigenvalue weighted by Gasteiger charge is 2.31. The number of rotatable bonds is 7. The molecule has 0 aliphatic carbocycles. The second kappa shape index (κ2) is 12.1. The van der Waals surface area contributed by atoms with Crippen molar-refractivity contribution < 1.29 is 18.0 Å². The number of amidine groups is 1. The Kier molecular flexibility index (Phi) is 8.54. The smallest absolute Gasteiger partial charge is 0.355 e. The molecule has 1 atom stereocenters. The zero-order chi connectivity index (χ0) is 27.4. The van der Waals surface area contributed by atoms with Gasteiger partial charge in [0.15, 0.2) is 0 Å². The summed E-state index contributed by atoms with van der Waals surface area (Å²) in [7, 11) is 0. The van der Waals surface area contributed by atoms with Crippen LogP contribution in [-0.2, 0) is 17.5 Å². The van der Waals surface area contributed by atoms with E-state index in [2.05, 4.69) is 41.2 Å². The number of piperazine rings is 1. The molecule has 2 saturated heterocycles. The lowest BCUT2D eigenvalue weighted by molar-refractivity contribution is -0.137. The first-order valence-electron chi connectivity index (χ1n) is 12.7. The molecular weight excluding hydrogens is 555 g/mol. The molecule has 3 aliphatic heterocycles. The van der Waals surface area contributed by atoms with Gasteiger partial charge >= 0.3 is 6.18 Å². The van der Waals surface area contributed by atoms with Gasteiger partial charge in [-0.15, -0.1) is 10.2 Å². The number of aromatic nitrogens is 2. The summed E-state index contributed by atoms with van der Waals surface area (Å²) in [4.78, 5) is 19.0. The van der Waals surface area contributed by atoms with E-state index in [9.17, 15) is 18.0 Å². The maximum atomic E-state index is 12.9. The number of halogens is 4. The Bertz CT molecular complexity index is 1230. The Morgan fingerprint density at radius 2 is 1.90 bits per heavy atom. The van der Waals surface area contributed by atoms with E-state index in [0.717, 1.165) is 44.0 Å². The van der Waals surface area contributed by atoms with Crippen LogP contribution in [0.5, 0.6) is 0 Å². The van der Waals surface area contributed by atoms with E-state index in [-0.39, 0.29) is 23.5 Å². The first-order valence-corrected chi connectivity index (χ1v) is 13.8. The van der Waals surface area contributed by atoms with Gasteiger partial charge < -0.3 is 15.6 Å². The molecule has 0 spiro atoms. The van der Waals surface area contributed by atoms with Gasteiger partial charge in [-0.1, -0.05) is 35.1 Å². The Hall–Kier alpha value is -2.94. The number of alkyl halides is 3. The molecule has 3 aliphatic rings. The molecule has 4 heterocycles. The van der Waals surface area contributed by atoms with Crippen molar-refractivity contribution in [2.24, 2.45) is 5.10 Å². The fraction of sp³-hybridized carbons (Fsp3) is 0.500. The molecule has 39 heavy (non-hydrogen) atoms. The number of nitrogens with zero attached hydrogens (tertiary/aromatic N) is 6. The Balaban J connectivity index is 1.03. The summed E-state index contributed by atoms with van der Waals surface area (Å²) < 4.78 is 38.6. The number of hydrogen-bond donors (Lipinski definition) is 3. The minimum absolute atomic E-state index is 0.107. The van der Waals surface area contributed by atoms with Crippen LogP contribution >= 0.6 is 22.9 Å². The molecule has 1 amide bonds. The minimum atomic E-state index is -4.42. The number of nitrogens with one attached hydrogen (secondary N) is 3. The van der Waals surface area contributed by atoms with Crippen LogP contribution in [0.1, 0.15) is 17.5 Å². The van der Waals surface area contributed by atoms with Crippen molar-refractivity contribution in [1.82, 2.24) is 30.3 Å². The van der Waals surface area contributed by atoms with Crippen LogP contribution < -0.4 is 16.1 Å². The lowest BCUT2D eigenvalue weighted by atomic mass is 10.1. The fourth-order valence-corrected chi connectivity index (χ4v) is 5.69. The van der Waals surface area contributed by atoms with Crippen LogP contribution in [0.25, 0.3) is 0 Å². The average molecular weight is 584 g/mol. The van der Waals surface area contributed by atoms with E-state index in [0.29, 0.717) is 48.6 Å². The summed E-state index contributed by atoms with van der Waals surface area (Å²) in [6.45, 7) is 5.79. The van der Waals surface area contributed by atoms with Gasteiger partial charge in [-0.2, -0.15) is 18.3 Å². The number of likely N-dealkylation sites (tertiary alicyclic amines) is 1. The Morgan fingerprint density at radius 1 is 1.13 bits per heavy atom. The second-order valence-corrected chi connectivity index (χ2v) is 11.0. The third kappa shape index (κ3) is 7.38. The molecule has 2 fully saturated rings. The van der Waals surface area contributed by atoms with Crippen LogP contribution in [0, 0.1) is 0 Å². The summed E-state index contributed by atoms with van der Waals surface area (Å²) in [5.41, 5.74) is 2.88. The Morgan fingerprint density at radius 3 is 2.62 bits per heavy atom. The number of hydrazone groups is 1. The summed E-state index contributed by atoms with van der Waals surface area (Å²) in [6, 6.07) is 3.67. The van der Waals surface area contributed by atoms with Crippen molar-refractivity contribution in [2.45, 2.75) is 25.2 Å². The zero-order valence-electron chi connectivity index (χ0n) is 21.0. The monoisotopic (exact) mass is 583 g/mol. The normalized spacial score (nSPS) is 20.6. The van der Waals surface area contributed by atoms with E-state index in [1.54, 1.807) is 0 Å². The number of amides is 1. The van der Waals surface area contributed by atoms with Crippen molar-refractivity contribution in [3.63, 3.8) is 0 Å². The van der Waals surface area contributed by atoms with Crippen LogP contribution in [-0.4, -0.2) is 95.0 Å². The fourth-order valence-electron chi connectivity index (χ4n) is 4.71. The van der Waals surface area contributed by atoms with Gasteiger partial charge in [0, 0.05) is 56.9 Å². The van der Waals surface area contributed by atoms with Crippen molar-refractivity contribution >= 4 is 44.9 Å². The molecule has 2 aromatic rings. The predicted octanol–water partition coefficient (Wildman–Crippen LogP) is 2.93. The van der Waals surface area contributed by atoms with E-state index in [1.807, 2.05) is 17.1 Å². The van der Waals surface area contributed by atoms with E-state index >= 15 is 0 Å². The summed E-state index contributed by atoms with van der Waals surface area (Å²) in [5, 5.41) is 20.0. The molecule has 15 heteroatoms. The quantitative estimate of drug-likeness (QED) is 0.458. The first kappa shape index (κ1) is 27.6. The van der Waals surface area contributed by atoms with Gasteiger partial charge in [-0.25, -0.2) is 0 Å². The van der Waals surface area contributed by atoms with Gasteiger partial charge in [0.2, 0.25) is 16.2 Å². The van der Waals surface area contributed by atoms with Crippen molar-refractivity contribution in [3.8, 4) is 0 Å². The molecule has 1 aromatic heterocycles. The van der Waals surface area contributed by atoms with Crippen molar-refractivity contribution in [3.05, 3.63) is 46.5 Å². The lowest BCUT2D eigenvalue weighted by Crippen LogP contribution is -2.48. The summed E-state index contributed by atoms with van der Waals surface area (Å²) in [6.07, 6.45) is 0.596. The van der Waals surface area contributed by atoms with E-state index in [4.69, 9.17) is 11.6 Å². The zero-order valence-corrected chi connectivity index (χ0v) is 22.6. The molecule has 3 N–H and O–H groups in total. The third-order valence-corrected chi connectivity index (χ3v) is 7.91. The number of carbonyl (C=O) groups is 1. The van der Waals surface area contributed by atoms with Gasteiger partial charge in [0.1, 0.15) is 5.84 Å². The van der Waals surface area contributed by atoms with Gasteiger partial charge in [-0.3, -0.25) is 19.9 Å². The molecular formula is C24H29ClF3N9OS. The molecule has 1 unspecified atom stereocenters. The number of anilines is 2. The lowest BCUT2D eigenvalue weighted by Gasteiger charge is -2.34. The van der Waals surface area contributed by atoms with Crippen LogP contribution in [0.3, 0.4) is 0 Å². The number of benzene rings is 1. The number of carbonyl (C=O) groups excluding carboxylic acids is 1. The topological polar surface area (TPSA) is 101 Å². The van der Waals surface area contributed by atoms with Crippen molar-refractivity contribution in [1.29, 1.82) is 0 Å². The molecule has 0 radical (unpaired) electrons. The second-order valence-electron chi connectivity index (χ2n) is 9.63. The summed E-state index contributed by atoms with van der Waals surface area (Å²) in [5.74, 6) is 0.763. The highest BCUT2D eigenvalue weighted by molar-refractivity contribution is 7.19. The highest BCUT2D eigenvalue weighted by atomic mass is 35.5. The third-order valence-electron chi connectivity index (χ3n) is 6.79. The molecule has 210 valence electrons. The maximum absolute atomic E-state index is 12.9. The van der Waals surface area contributed by atoms with Gasteiger partial charge in [0.25, 0.3) is 0 Å². The predicted molar refractivity (Wildman–Crippen MR) is 145 cm³/mol. The summed E-state index contributed by atoms with van der Waals surface area (Å²) >= 11 is 7.40. The molecule has 0 saturated carbocycles. The molecule has 5 rings (SSSR count). The largest absolute Gasteiger partial charge is 0.416 e. The SMILES string of the molecule is O=C(CN1CCN(Cc2ccc(C(F)(F)F)cc2Cl)CC1)Nc1nnc(NC2CCN(C3=NNCC=C3)C2)s1. The van der Waals surface area contributed by atoms with E-state index < -0.39 is 11.7 Å². The van der Waals surface area contributed by atoms with Gasteiger partial charge in [-0.05, 0) is 30.2 Å². The Labute approximate surface area is 232 Å². The molecule has 1 aromatic carbocycles.